The zero-order valence-corrected chi connectivity index (χ0v) is 5.09. The van der Waals surface area contributed by atoms with E-state index in [0.29, 0.717) is 13.2 Å². The van der Waals surface area contributed by atoms with Crippen molar-refractivity contribution >= 4 is 12.0 Å². The second-order valence-electron chi connectivity index (χ2n) is 1.79. The second-order valence-corrected chi connectivity index (χ2v) is 1.79. The Morgan fingerprint density at radius 1 is 1.78 bits per heavy atom. The number of carbonyl (C=O) groups excluding carboxylic acids is 2. The molecule has 0 unspecified atom stereocenters. The smallest absolute Gasteiger partial charge is 0.416 e. The maximum Gasteiger partial charge on any atom is 0.416 e. The molecule has 9 heavy (non-hydrogen) atoms. The van der Waals surface area contributed by atoms with E-state index >= 15 is 0 Å². The van der Waals surface area contributed by atoms with E-state index in [1.165, 1.54) is 6.92 Å². The SMILES string of the molecule is CC(=O)N1CCOC1=O. The highest BCUT2D eigenvalue weighted by atomic mass is 16.6. The van der Waals surface area contributed by atoms with Crippen molar-refractivity contribution in [3.8, 4) is 0 Å². The van der Waals surface area contributed by atoms with Crippen LogP contribution >= 0.6 is 0 Å². The van der Waals surface area contributed by atoms with E-state index in [2.05, 4.69) is 4.74 Å². The predicted molar refractivity (Wildman–Crippen MR) is 28.7 cm³/mol. The minimum Gasteiger partial charge on any atom is -0.447 e. The molecule has 0 atom stereocenters. The Hall–Kier alpha value is -1.06. The topological polar surface area (TPSA) is 46.6 Å². The van der Waals surface area contributed by atoms with Crippen LogP contribution in [0.5, 0.6) is 0 Å². The summed E-state index contributed by atoms with van der Waals surface area (Å²) in [5.41, 5.74) is 0. The molecule has 0 saturated carbocycles. The molecule has 1 aliphatic heterocycles. The lowest BCUT2D eigenvalue weighted by Crippen LogP contribution is -2.28. The number of nitrogens with zero attached hydrogens (tertiary/aromatic N) is 1. The molecule has 0 spiro atoms. The van der Waals surface area contributed by atoms with Crippen LogP contribution in [-0.4, -0.2) is 30.1 Å². The Balaban J connectivity index is 2.60. The summed E-state index contributed by atoms with van der Waals surface area (Å²) in [7, 11) is 0. The number of carbonyl (C=O) groups is 2. The molecule has 2 amide bonds. The number of amides is 2. The van der Waals surface area contributed by atoms with E-state index in [0.717, 1.165) is 4.90 Å². The molecule has 50 valence electrons. The van der Waals surface area contributed by atoms with E-state index < -0.39 is 6.09 Å². The number of rotatable bonds is 0. The molecule has 0 bridgehead atoms. The molecule has 1 rings (SSSR count). The van der Waals surface area contributed by atoms with Crippen LogP contribution in [-0.2, 0) is 9.53 Å². The number of imide groups is 1. The van der Waals surface area contributed by atoms with Gasteiger partial charge in [0.1, 0.15) is 6.61 Å². The van der Waals surface area contributed by atoms with Gasteiger partial charge in [0.05, 0.1) is 6.54 Å². The summed E-state index contributed by atoms with van der Waals surface area (Å²) in [4.78, 5) is 22.0. The third-order valence-electron chi connectivity index (χ3n) is 1.14. The van der Waals surface area contributed by atoms with Gasteiger partial charge in [0.25, 0.3) is 0 Å². The van der Waals surface area contributed by atoms with Gasteiger partial charge in [-0.2, -0.15) is 0 Å². The van der Waals surface area contributed by atoms with Gasteiger partial charge in [-0.05, 0) is 0 Å². The van der Waals surface area contributed by atoms with Gasteiger partial charge in [-0.15, -0.1) is 0 Å². The molecule has 0 aromatic rings. The van der Waals surface area contributed by atoms with Gasteiger partial charge < -0.3 is 4.74 Å². The lowest BCUT2D eigenvalue weighted by atomic mass is 10.5. The molecule has 0 aromatic carbocycles. The van der Waals surface area contributed by atoms with E-state index in [-0.39, 0.29) is 5.91 Å². The highest BCUT2D eigenvalue weighted by Crippen LogP contribution is 2.01. The Morgan fingerprint density at radius 2 is 2.44 bits per heavy atom. The van der Waals surface area contributed by atoms with Crippen LogP contribution < -0.4 is 0 Å². The monoisotopic (exact) mass is 129 g/mol. The zero-order chi connectivity index (χ0) is 6.85. The van der Waals surface area contributed by atoms with Crippen LogP contribution in [0.15, 0.2) is 0 Å². The average Bonchev–Trinajstić information content (AvgIpc) is 2.13. The predicted octanol–water partition coefficient (Wildman–Crippen LogP) is -0.0149. The lowest BCUT2D eigenvalue weighted by molar-refractivity contribution is -0.125. The summed E-state index contributed by atoms with van der Waals surface area (Å²) in [6, 6.07) is 0. The largest absolute Gasteiger partial charge is 0.447 e. The lowest BCUT2D eigenvalue weighted by Gasteiger charge is -2.04. The number of ether oxygens (including phenoxy) is 1. The molecule has 0 radical (unpaired) electrons. The minimum absolute atomic E-state index is 0.252. The average molecular weight is 129 g/mol. The fraction of sp³-hybridized carbons (Fsp3) is 0.600. The van der Waals surface area contributed by atoms with Crippen LogP contribution in [0.25, 0.3) is 0 Å². The van der Waals surface area contributed by atoms with Crippen LogP contribution in [0.1, 0.15) is 6.92 Å². The molecule has 4 heteroatoms. The zero-order valence-electron chi connectivity index (χ0n) is 5.09. The summed E-state index contributed by atoms with van der Waals surface area (Å²) < 4.78 is 4.49. The molecule has 4 nitrogen and oxygen atoms in total. The first-order chi connectivity index (χ1) is 4.22. The van der Waals surface area contributed by atoms with Gasteiger partial charge in [-0.1, -0.05) is 0 Å². The normalized spacial score (nSPS) is 17.9. The van der Waals surface area contributed by atoms with Crippen LogP contribution in [0.2, 0.25) is 0 Å². The van der Waals surface area contributed by atoms with Crippen molar-refractivity contribution in [3.05, 3.63) is 0 Å². The molecule has 1 aliphatic rings. The quantitative estimate of drug-likeness (QED) is 0.462. The molecule has 1 heterocycles. The van der Waals surface area contributed by atoms with Crippen LogP contribution in [0.4, 0.5) is 4.79 Å². The maximum atomic E-state index is 10.5. The van der Waals surface area contributed by atoms with Gasteiger partial charge in [0.2, 0.25) is 5.91 Å². The highest BCUT2D eigenvalue weighted by Gasteiger charge is 2.24. The first-order valence-corrected chi connectivity index (χ1v) is 2.66. The Labute approximate surface area is 52.4 Å². The molecule has 1 saturated heterocycles. The summed E-state index contributed by atoms with van der Waals surface area (Å²) in [6.07, 6.45) is -0.525. The maximum absolute atomic E-state index is 10.5. The van der Waals surface area contributed by atoms with Gasteiger partial charge in [0.15, 0.2) is 0 Å². The van der Waals surface area contributed by atoms with Crippen molar-refractivity contribution in [3.63, 3.8) is 0 Å². The van der Waals surface area contributed by atoms with Crippen molar-refractivity contribution in [2.45, 2.75) is 6.92 Å². The van der Waals surface area contributed by atoms with Gasteiger partial charge >= 0.3 is 6.09 Å². The molecule has 0 N–H and O–H groups in total. The molecule has 0 aromatic heterocycles. The van der Waals surface area contributed by atoms with E-state index in [4.69, 9.17) is 0 Å². The molecular formula is C5H7NO3. The van der Waals surface area contributed by atoms with Crippen LogP contribution in [0.3, 0.4) is 0 Å². The van der Waals surface area contributed by atoms with E-state index in [9.17, 15) is 9.59 Å². The van der Waals surface area contributed by atoms with E-state index in [1.54, 1.807) is 0 Å². The first-order valence-electron chi connectivity index (χ1n) is 2.66. The second kappa shape index (κ2) is 2.05. The summed E-state index contributed by atoms with van der Waals surface area (Å²) in [5, 5.41) is 0. The van der Waals surface area contributed by atoms with Crippen molar-refractivity contribution in [1.82, 2.24) is 4.90 Å². The highest BCUT2D eigenvalue weighted by molar-refractivity contribution is 5.91. The number of cyclic esters (lactones) is 1. The molecule has 1 fully saturated rings. The number of hydrogen-bond donors (Lipinski definition) is 0. The minimum atomic E-state index is -0.525. The summed E-state index contributed by atoms with van der Waals surface area (Å²) >= 11 is 0. The summed E-state index contributed by atoms with van der Waals surface area (Å²) in [6.45, 7) is 2.07. The third kappa shape index (κ3) is 1.01. The molecular weight excluding hydrogens is 122 g/mol. The number of hydrogen-bond acceptors (Lipinski definition) is 3. The van der Waals surface area contributed by atoms with E-state index in [1.807, 2.05) is 0 Å². The van der Waals surface area contributed by atoms with Gasteiger partial charge in [-0.3, -0.25) is 4.79 Å². The fourth-order valence-corrected chi connectivity index (χ4v) is 0.679. The van der Waals surface area contributed by atoms with Crippen molar-refractivity contribution in [1.29, 1.82) is 0 Å². The standard InChI is InChI=1S/C5H7NO3/c1-4(7)6-2-3-9-5(6)8/h2-3H2,1H3. The van der Waals surface area contributed by atoms with Crippen molar-refractivity contribution in [2.24, 2.45) is 0 Å². The van der Waals surface area contributed by atoms with Crippen molar-refractivity contribution in [2.75, 3.05) is 13.2 Å². The Bertz CT molecular complexity index is 154. The molecule has 0 aliphatic carbocycles. The van der Waals surface area contributed by atoms with Gasteiger partial charge in [-0.25, -0.2) is 9.69 Å². The fourth-order valence-electron chi connectivity index (χ4n) is 0.679. The van der Waals surface area contributed by atoms with Crippen LogP contribution in [0, 0.1) is 0 Å². The van der Waals surface area contributed by atoms with Crippen molar-refractivity contribution < 1.29 is 14.3 Å². The Kier molecular flexibility index (Phi) is 1.38. The first kappa shape index (κ1) is 6.07. The Morgan fingerprint density at radius 3 is 2.67 bits per heavy atom. The third-order valence-corrected chi connectivity index (χ3v) is 1.14. The summed E-state index contributed by atoms with van der Waals surface area (Å²) in [5.74, 6) is -0.252. The van der Waals surface area contributed by atoms with Gasteiger partial charge in [0, 0.05) is 6.92 Å².